The zero-order valence-electron chi connectivity index (χ0n) is 13.6. The molecule has 1 N–H and O–H groups in total. The Morgan fingerprint density at radius 3 is 2.84 bits per heavy atom. The van der Waals surface area contributed by atoms with Gasteiger partial charge in [-0.15, -0.1) is 10.2 Å². The number of aromatic nitrogens is 2. The van der Waals surface area contributed by atoms with E-state index in [-0.39, 0.29) is 18.3 Å². The molecule has 0 saturated carbocycles. The van der Waals surface area contributed by atoms with Gasteiger partial charge in [-0.2, -0.15) is 0 Å². The van der Waals surface area contributed by atoms with Crippen molar-refractivity contribution in [1.82, 2.24) is 15.5 Å². The summed E-state index contributed by atoms with van der Waals surface area (Å²) in [5, 5.41) is 10.9. The van der Waals surface area contributed by atoms with Gasteiger partial charge >= 0.3 is 0 Å². The molecule has 0 aliphatic carbocycles. The van der Waals surface area contributed by atoms with E-state index in [0.717, 1.165) is 11.3 Å². The van der Waals surface area contributed by atoms with E-state index in [2.05, 4.69) is 15.5 Å². The van der Waals surface area contributed by atoms with Crippen LogP contribution in [0.5, 0.6) is 5.75 Å². The molecule has 0 spiro atoms. The number of carbonyl (C=O) groups is 1. The minimum atomic E-state index is -0.142. The van der Waals surface area contributed by atoms with Gasteiger partial charge in [0.15, 0.2) is 6.61 Å². The molecule has 2 aromatic heterocycles. The van der Waals surface area contributed by atoms with Crippen molar-refractivity contribution in [2.24, 2.45) is 0 Å². The SMILES string of the molecule is Cc1ccc(OCc2nnc(SCC(=O)NCc3ccco3)o2)cc1. The van der Waals surface area contributed by atoms with Gasteiger partial charge in [0.05, 0.1) is 18.6 Å². The summed E-state index contributed by atoms with van der Waals surface area (Å²) in [6, 6.07) is 11.3. The molecular formula is C17H17N3O4S. The predicted octanol–water partition coefficient (Wildman–Crippen LogP) is 2.96. The van der Waals surface area contributed by atoms with E-state index < -0.39 is 0 Å². The first-order valence-electron chi connectivity index (χ1n) is 7.63. The molecule has 1 aromatic carbocycles. The van der Waals surface area contributed by atoms with Gasteiger partial charge in [0.25, 0.3) is 11.1 Å². The Morgan fingerprint density at radius 1 is 1.24 bits per heavy atom. The number of nitrogens with zero attached hydrogens (tertiary/aromatic N) is 2. The summed E-state index contributed by atoms with van der Waals surface area (Å²) in [7, 11) is 0. The van der Waals surface area contributed by atoms with Crippen molar-refractivity contribution in [3.8, 4) is 5.75 Å². The van der Waals surface area contributed by atoms with Crippen LogP contribution in [-0.2, 0) is 17.9 Å². The number of hydrogen-bond donors (Lipinski definition) is 1. The van der Waals surface area contributed by atoms with Crippen molar-refractivity contribution < 1.29 is 18.4 Å². The minimum absolute atomic E-state index is 0.142. The van der Waals surface area contributed by atoms with E-state index in [1.54, 1.807) is 18.4 Å². The van der Waals surface area contributed by atoms with Crippen molar-refractivity contribution in [1.29, 1.82) is 0 Å². The van der Waals surface area contributed by atoms with Gasteiger partial charge in [-0.3, -0.25) is 4.79 Å². The molecule has 0 atom stereocenters. The van der Waals surface area contributed by atoms with E-state index in [0.29, 0.717) is 23.4 Å². The van der Waals surface area contributed by atoms with Gasteiger partial charge < -0.3 is 18.9 Å². The quantitative estimate of drug-likeness (QED) is 0.618. The third-order valence-corrected chi connectivity index (χ3v) is 4.02. The second kappa shape index (κ2) is 8.39. The number of carbonyl (C=O) groups excluding carboxylic acids is 1. The molecule has 25 heavy (non-hydrogen) atoms. The minimum Gasteiger partial charge on any atom is -0.484 e. The summed E-state index contributed by atoms with van der Waals surface area (Å²) < 4.78 is 16.2. The molecule has 7 nitrogen and oxygen atoms in total. The maximum atomic E-state index is 11.8. The fraction of sp³-hybridized carbons (Fsp3) is 0.235. The topological polar surface area (TPSA) is 90.4 Å². The highest BCUT2D eigenvalue weighted by Gasteiger charge is 2.10. The molecule has 8 heteroatoms. The van der Waals surface area contributed by atoms with Gasteiger partial charge in [-0.1, -0.05) is 29.5 Å². The normalized spacial score (nSPS) is 10.6. The Balaban J connectivity index is 1.40. The highest BCUT2D eigenvalue weighted by atomic mass is 32.2. The fourth-order valence-corrected chi connectivity index (χ4v) is 2.52. The Kier molecular flexibility index (Phi) is 5.73. The first-order valence-corrected chi connectivity index (χ1v) is 8.61. The lowest BCUT2D eigenvalue weighted by Crippen LogP contribution is -2.24. The molecule has 0 unspecified atom stereocenters. The van der Waals surface area contributed by atoms with Crippen LogP contribution in [0, 0.1) is 6.92 Å². The molecule has 3 aromatic rings. The number of rotatable bonds is 8. The summed E-state index contributed by atoms with van der Waals surface area (Å²) in [6.07, 6.45) is 1.56. The number of thioether (sulfide) groups is 1. The number of ether oxygens (including phenoxy) is 1. The Morgan fingerprint density at radius 2 is 2.08 bits per heavy atom. The molecular weight excluding hydrogens is 342 g/mol. The predicted molar refractivity (Wildman–Crippen MR) is 91.1 cm³/mol. The van der Waals surface area contributed by atoms with Crippen LogP contribution < -0.4 is 10.1 Å². The smallest absolute Gasteiger partial charge is 0.277 e. The number of nitrogens with one attached hydrogen (secondary N) is 1. The average Bonchev–Trinajstić information content (AvgIpc) is 3.29. The number of benzene rings is 1. The Labute approximate surface area is 148 Å². The van der Waals surface area contributed by atoms with Crippen LogP contribution >= 0.6 is 11.8 Å². The molecule has 130 valence electrons. The highest BCUT2D eigenvalue weighted by molar-refractivity contribution is 7.99. The van der Waals surface area contributed by atoms with Gasteiger partial charge in [0.1, 0.15) is 11.5 Å². The molecule has 0 bridgehead atoms. The molecule has 1 amide bonds. The average molecular weight is 359 g/mol. The fourth-order valence-electron chi connectivity index (χ4n) is 1.91. The number of furan rings is 1. The largest absolute Gasteiger partial charge is 0.484 e. The molecule has 0 radical (unpaired) electrons. The molecule has 0 aliphatic rings. The monoisotopic (exact) mass is 359 g/mol. The van der Waals surface area contributed by atoms with E-state index in [1.807, 2.05) is 31.2 Å². The van der Waals surface area contributed by atoms with E-state index in [1.165, 1.54) is 11.8 Å². The standard InChI is InChI=1S/C17H17N3O4S/c1-12-4-6-13(7-5-12)23-10-16-19-20-17(24-16)25-11-15(21)18-9-14-3-2-8-22-14/h2-8H,9-11H2,1H3,(H,18,21). The summed E-state index contributed by atoms with van der Waals surface area (Å²) in [5.74, 6) is 1.83. The zero-order chi connectivity index (χ0) is 17.5. The second-order valence-corrected chi connectivity index (χ2v) is 6.13. The third kappa shape index (κ3) is 5.39. The van der Waals surface area contributed by atoms with Crippen LogP contribution in [0.3, 0.4) is 0 Å². The lowest BCUT2D eigenvalue weighted by atomic mass is 10.2. The van der Waals surface area contributed by atoms with E-state index in [4.69, 9.17) is 13.6 Å². The lowest BCUT2D eigenvalue weighted by Gasteiger charge is -2.03. The summed E-state index contributed by atoms with van der Waals surface area (Å²) >= 11 is 1.17. The molecule has 0 fully saturated rings. The van der Waals surface area contributed by atoms with Crippen LogP contribution in [0.15, 0.2) is 56.7 Å². The van der Waals surface area contributed by atoms with Crippen LogP contribution in [0.25, 0.3) is 0 Å². The summed E-state index contributed by atoms with van der Waals surface area (Å²) in [4.78, 5) is 11.8. The van der Waals surface area contributed by atoms with Crippen LogP contribution in [0.1, 0.15) is 17.2 Å². The van der Waals surface area contributed by atoms with Gasteiger partial charge in [0.2, 0.25) is 5.91 Å². The van der Waals surface area contributed by atoms with E-state index >= 15 is 0 Å². The number of aryl methyl sites for hydroxylation is 1. The van der Waals surface area contributed by atoms with Crippen molar-refractivity contribution in [3.63, 3.8) is 0 Å². The number of hydrogen-bond acceptors (Lipinski definition) is 7. The Bertz CT molecular complexity index is 800. The number of amides is 1. The molecule has 3 rings (SSSR count). The maximum Gasteiger partial charge on any atom is 0.277 e. The van der Waals surface area contributed by atoms with Crippen LogP contribution in [0.2, 0.25) is 0 Å². The third-order valence-electron chi connectivity index (χ3n) is 3.20. The Hall–Kier alpha value is -2.74. The van der Waals surface area contributed by atoms with Gasteiger partial charge in [0, 0.05) is 0 Å². The first kappa shape index (κ1) is 17.1. The van der Waals surface area contributed by atoms with Crippen molar-refractivity contribution >= 4 is 17.7 Å². The molecule has 0 saturated heterocycles. The van der Waals surface area contributed by atoms with Crippen LogP contribution in [-0.4, -0.2) is 21.9 Å². The van der Waals surface area contributed by atoms with Crippen LogP contribution in [0.4, 0.5) is 0 Å². The first-order chi connectivity index (χ1) is 12.2. The lowest BCUT2D eigenvalue weighted by molar-refractivity contribution is -0.118. The van der Waals surface area contributed by atoms with Gasteiger partial charge in [-0.25, -0.2) is 0 Å². The van der Waals surface area contributed by atoms with Gasteiger partial charge in [-0.05, 0) is 31.2 Å². The van der Waals surface area contributed by atoms with Crippen molar-refractivity contribution in [3.05, 3.63) is 59.9 Å². The van der Waals surface area contributed by atoms with Crippen molar-refractivity contribution in [2.75, 3.05) is 5.75 Å². The summed E-state index contributed by atoms with van der Waals surface area (Å²) in [6.45, 7) is 2.54. The second-order valence-electron chi connectivity index (χ2n) is 5.21. The molecule has 2 heterocycles. The van der Waals surface area contributed by atoms with Crippen molar-refractivity contribution in [2.45, 2.75) is 25.3 Å². The zero-order valence-corrected chi connectivity index (χ0v) is 14.4. The maximum absolute atomic E-state index is 11.8. The van der Waals surface area contributed by atoms with E-state index in [9.17, 15) is 4.79 Å². The molecule has 0 aliphatic heterocycles. The highest BCUT2D eigenvalue weighted by Crippen LogP contribution is 2.18. The summed E-state index contributed by atoms with van der Waals surface area (Å²) in [5.41, 5.74) is 1.16.